The van der Waals surface area contributed by atoms with Crippen LogP contribution in [0.2, 0.25) is 0 Å². The first kappa shape index (κ1) is 15.4. The topological polar surface area (TPSA) is 107 Å². The number of nitrogens with one attached hydrogen (secondary N) is 1. The molecule has 7 heteroatoms. The molecule has 96 valence electrons. The Kier molecular flexibility index (Phi) is 5.63. The Morgan fingerprint density at radius 3 is 2.29 bits per heavy atom. The number of benzene rings is 1. The third-order valence-electron chi connectivity index (χ3n) is 1.82. The fourth-order valence-electron chi connectivity index (χ4n) is 1.05. The van der Waals surface area contributed by atoms with Crippen molar-refractivity contribution in [3.05, 3.63) is 29.8 Å². The van der Waals surface area contributed by atoms with E-state index in [1.807, 2.05) is 6.92 Å². The van der Waals surface area contributed by atoms with Crippen LogP contribution < -0.4 is 10.9 Å². The molecule has 0 aliphatic carbocycles. The molecule has 1 amide bonds. The van der Waals surface area contributed by atoms with Crippen LogP contribution in [0.1, 0.15) is 12.5 Å². The fraction of sp³-hybridized carbons (Fsp3) is 0.300. The second-order valence-corrected chi connectivity index (χ2v) is 4.82. The van der Waals surface area contributed by atoms with E-state index in [1.165, 1.54) is 12.1 Å². The number of hydrogen-bond donors (Lipinski definition) is 2. The summed E-state index contributed by atoms with van der Waals surface area (Å²) in [6.45, 7) is 3.56. The maximum absolute atomic E-state index is 11.6. The van der Waals surface area contributed by atoms with Gasteiger partial charge in [0.15, 0.2) is 0 Å². The third-order valence-corrected chi connectivity index (χ3v) is 3.15. The van der Waals surface area contributed by atoms with E-state index in [0.717, 1.165) is 5.56 Å². The van der Waals surface area contributed by atoms with Gasteiger partial charge < -0.3 is 10.9 Å². The lowest BCUT2D eigenvalue weighted by atomic mass is 10.2. The van der Waals surface area contributed by atoms with Crippen molar-refractivity contribution in [2.75, 3.05) is 6.61 Å². The largest absolute Gasteiger partial charge is 0.449 e. The second kappa shape index (κ2) is 6.21. The zero-order valence-electron chi connectivity index (χ0n) is 9.76. The van der Waals surface area contributed by atoms with Crippen molar-refractivity contribution in [1.29, 1.82) is 0 Å². The van der Waals surface area contributed by atoms with Gasteiger partial charge in [-0.2, -0.15) is 0 Å². The lowest BCUT2D eigenvalue weighted by Gasteiger charge is -2.06. The molecule has 0 aliphatic rings. The van der Waals surface area contributed by atoms with Gasteiger partial charge in [0.25, 0.3) is 10.0 Å². The maximum Gasteiger partial charge on any atom is 0.421 e. The van der Waals surface area contributed by atoms with E-state index in [1.54, 1.807) is 23.8 Å². The van der Waals surface area contributed by atoms with Crippen LogP contribution in [0.5, 0.6) is 0 Å². The van der Waals surface area contributed by atoms with E-state index in [-0.39, 0.29) is 17.7 Å². The average molecular weight is 260 g/mol. The van der Waals surface area contributed by atoms with Gasteiger partial charge in [0.2, 0.25) is 0 Å². The number of rotatable bonds is 3. The molecule has 0 radical (unpaired) electrons. The van der Waals surface area contributed by atoms with Gasteiger partial charge in [-0.25, -0.2) is 17.9 Å². The SMILES string of the molecule is CCOC(=O)NS(=O)(=O)c1ccc(C)cc1.N. The zero-order chi connectivity index (χ0) is 12.2. The van der Waals surface area contributed by atoms with Crippen LogP contribution >= 0.6 is 0 Å². The molecule has 17 heavy (non-hydrogen) atoms. The van der Waals surface area contributed by atoms with Crippen LogP contribution in [0.3, 0.4) is 0 Å². The molecule has 0 heterocycles. The summed E-state index contributed by atoms with van der Waals surface area (Å²) in [5.74, 6) is 0. The van der Waals surface area contributed by atoms with E-state index in [2.05, 4.69) is 4.74 Å². The molecule has 0 aliphatic heterocycles. The molecule has 1 aromatic rings. The molecule has 0 spiro atoms. The molecule has 0 saturated carbocycles. The monoisotopic (exact) mass is 260 g/mol. The van der Waals surface area contributed by atoms with Gasteiger partial charge in [-0.15, -0.1) is 0 Å². The van der Waals surface area contributed by atoms with Crippen LogP contribution in [0.25, 0.3) is 0 Å². The number of carbonyl (C=O) groups excluding carboxylic acids is 1. The smallest absolute Gasteiger partial charge is 0.421 e. The molecular formula is C10H16N2O4S. The van der Waals surface area contributed by atoms with Gasteiger partial charge in [0.05, 0.1) is 11.5 Å². The van der Waals surface area contributed by atoms with Crippen molar-refractivity contribution in [2.24, 2.45) is 0 Å². The summed E-state index contributed by atoms with van der Waals surface area (Å²) in [5, 5.41) is 0. The maximum atomic E-state index is 11.6. The summed E-state index contributed by atoms with van der Waals surface area (Å²) in [7, 11) is -3.82. The molecule has 6 nitrogen and oxygen atoms in total. The minimum atomic E-state index is -3.82. The number of sulfonamides is 1. The van der Waals surface area contributed by atoms with Gasteiger partial charge in [-0.1, -0.05) is 17.7 Å². The highest BCUT2D eigenvalue weighted by Gasteiger charge is 2.17. The molecule has 0 fully saturated rings. The number of hydrogen-bond acceptors (Lipinski definition) is 5. The van der Waals surface area contributed by atoms with Crippen molar-refractivity contribution in [2.45, 2.75) is 18.7 Å². The van der Waals surface area contributed by atoms with Crippen LogP contribution in [-0.4, -0.2) is 21.1 Å². The van der Waals surface area contributed by atoms with Gasteiger partial charge in [-0.05, 0) is 26.0 Å². The highest BCUT2D eigenvalue weighted by atomic mass is 32.2. The second-order valence-electron chi connectivity index (χ2n) is 3.14. The summed E-state index contributed by atoms with van der Waals surface area (Å²) in [6.07, 6.45) is -0.969. The Balaban J connectivity index is 0.00000256. The predicted molar refractivity (Wildman–Crippen MR) is 63.5 cm³/mol. The predicted octanol–water partition coefficient (Wildman–Crippen LogP) is 1.59. The van der Waals surface area contributed by atoms with E-state index >= 15 is 0 Å². The molecule has 0 saturated heterocycles. The molecule has 0 bridgehead atoms. The number of ether oxygens (including phenoxy) is 1. The van der Waals surface area contributed by atoms with Crippen molar-refractivity contribution in [1.82, 2.24) is 10.9 Å². The van der Waals surface area contributed by atoms with Crippen molar-refractivity contribution < 1.29 is 17.9 Å². The van der Waals surface area contributed by atoms with Crippen molar-refractivity contribution >= 4 is 16.1 Å². The van der Waals surface area contributed by atoms with E-state index < -0.39 is 16.1 Å². The van der Waals surface area contributed by atoms with Gasteiger partial charge in [-0.3, -0.25) is 0 Å². The highest BCUT2D eigenvalue weighted by molar-refractivity contribution is 7.90. The first-order valence-electron chi connectivity index (χ1n) is 4.72. The Morgan fingerprint density at radius 1 is 1.29 bits per heavy atom. The number of aryl methyl sites for hydroxylation is 1. The Morgan fingerprint density at radius 2 is 1.82 bits per heavy atom. The first-order chi connectivity index (χ1) is 7.45. The molecule has 0 atom stereocenters. The summed E-state index contributed by atoms with van der Waals surface area (Å²) in [6, 6.07) is 6.16. The van der Waals surface area contributed by atoms with E-state index in [9.17, 15) is 13.2 Å². The van der Waals surface area contributed by atoms with Gasteiger partial charge in [0.1, 0.15) is 0 Å². The molecule has 4 N–H and O–H groups in total. The lowest BCUT2D eigenvalue weighted by molar-refractivity contribution is 0.158. The minimum Gasteiger partial charge on any atom is -0.449 e. The lowest BCUT2D eigenvalue weighted by Crippen LogP contribution is -2.31. The van der Waals surface area contributed by atoms with Crippen LogP contribution in [-0.2, 0) is 14.8 Å². The quantitative estimate of drug-likeness (QED) is 0.858. The van der Waals surface area contributed by atoms with E-state index in [4.69, 9.17) is 0 Å². The highest BCUT2D eigenvalue weighted by Crippen LogP contribution is 2.09. The summed E-state index contributed by atoms with van der Waals surface area (Å²) < 4.78 is 29.5. The van der Waals surface area contributed by atoms with Gasteiger partial charge >= 0.3 is 6.09 Å². The minimum absolute atomic E-state index is 0. The summed E-state index contributed by atoms with van der Waals surface area (Å²) in [5.41, 5.74) is 0.940. The van der Waals surface area contributed by atoms with Crippen LogP contribution in [0, 0.1) is 6.92 Å². The molecule has 1 aromatic carbocycles. The Labute approximate surface area is 101 Å². The molecular weight excluding hydrogens is 244 g/mol. The number of amides is 1. The summed E-state index contributed by atoms with van der Waals surface area (Å²) >= 11 is 0. The molecule has 1 rings (SSSR count). The average Bonchev–Trinajstić information content (AvgIpc) is 2.17. The zero-order valence-corrected chi connectivity index (χ0v) is 10.6. The van der Waals surface area contributed by atoms with Crippen LogP contribution in [0.4, 0.5) is 4.79 Å². The normalized spacial score (nSPS) is 10.2. The summed E-state index contributed by atoms with van der Waals surface area (Å²) in [4.78, 5) is 11.0. The standard InChI is InChI=1S/C10H13NO4S.H3N/c1-3-15-10(12)11-16(13,14)9-6-4-8(2)5-7-9;/h4-7H,3H2,1-2H3,(H,11,12);1H3. The van der Waals surface area contributed by atoms with Crippen LogP contribution in [0.15, 0.2) is 29.2 Å². The Bertz CT molecular complexity index is 468. The first-order valence-corrected chi connectivity index (χ1v) is 6.20. The van der Waals surface area contributed by atoms with Crippen molar-refractivity contribution in [3.63, 3.8) is 0 Å². The third kappa shape index (κ3) is 4.41. The number of carbonyl (C=O) groups is 1. The fourth-order valence-corrected chi connectivity index (χ4v) is 1.94. The van der Waals surface area contributed by atoms with Crippen molar-refractivity contribution in [3.8, 4) is 0 Å². The Hall–Kier alpha value is -1.60. The molecule has 0 unspecified atom stereocenters. The van der Waals surface area contributed by atoms with E-state index in [0.29, 0.717) is 0 Å². The van der Waals surface area contributed by atoms with Gasteiger partial charge in [0, 0.05) is 0 Å². The molecule has 0 aromatic heterocycles.